The molecule has 6 nitrogen and oxygen atoms in total. The van der Waals surface area contributed by atoms with E-state index in [4.69, 9.17) is 23.2 Å². The summed E-state index contributed by atoms with van der Waals surface area (Å²) in [5.74, 6) is -0.459. The molecule has 0 radical (unpaired) electrons. The maximum absolute atomic E-state index is 12.7. The van der Waals surface area contributed by atoms with Crippen molar-refractivity contribution >= 4 is 39.1 Å². The zero-order chi connectivity index (χ0) is 21.1. The molecule has 0 bridgehead atoms. The minimum absolute atomic E-state index is 0.00214. The smallest absolute Gasteiger partial charge is 0.252 e. The van der Waals surface area contributed by atoms with E-state index in [1.807, 2.05) is 37.2 Å². The van der Waals surface area contributed by atoms with Gasteiger partial charge in [-0.25, -0.2) is 12.7 Å². The number of amides is 1. The molecule has 1 N–H and O–H groups in total. The first-order valence-electron chi connectivity index (χ1n) is 8.47. The van der Waals surface area contributed by atoms with Crippen molar-refractivity contribution in [3.8, 4) is 0 Å². The zero-order valence-corrected chi connectivity index (χ0v) is 18.4. The van der Waals surface area contributed by atoms with Gasteiger partial charge < -0.3 is 10.2 Å². The molecule has 0 aliphatic rings. The molecule has 28 heavy (non-hydrogen) atoms. The van der Waals surface area contributed by atoms with Crippen LogP contribution in [0.3, 0.4) is 0 Å². The highest BCUT2D eigenvalue weighted by Gasteiger charge is 2.22. The lowest BCUT2D eigenvalue weighted by molar-refractivity contribution is 0.0942. The molecule has 2 aromatic carbocycles. The van der Waals surface area contributed by atoms with E-state index in [9.17, 15) is 13.2 Å². The Morgan fingerprint density at radius 3 is 2.25 bits per heavy atom. The molecule has 0 saturated heterocycles. The Morgan fingerprint density at radius 1 is 1.04 bits per heavy atom. The van der Waals surface area contributed by atoms with Crippen LogP contribution < -0.4 is 5.32 Å². The zero-order valence-electron chi connectivity index (χ0n) is 16.1. The Morgan fingerprint density at radius 2 is 1.68 bits per heavy atom. The van der Waals surface area contributed by atoms with Crippen LogP contribution in [0.1, 0.15) is 22.0 Å². The second-order valence-electron chi connectivity index (χ2n) is 6.64. The van der Waals surface area contributed by atoms with Crippen LogP contribution in [0.5, 0.6) is 0 Å². The summed E-state index contributed by atoms with van der Waals surface area (Å²) in [6, 6.07) is 11.3. The Kier molecular flexibility index (Phi) is 7.47. The first kappa shape index (κ1) is 22.6. The molecule has 0 aromatic heterocycles. The highest BCUT2D eigenvalue weighted by Crippen LogP contribution is 2.26. The van der Waals surface area contributed by atoms with E-state index in [2.05, 4.69) is 5.32 Å². The number of halogens is 2. The summed E-state index contributed by atoms with van der Waals surface area (Å²) in [4.78, 5) is 14.6. The summed E-state index contributed by atoms with van der Waals surface area (Å²) < 4.78 is 25.7. The van der Waals surface area contributed by atoms with Crippen molar-refractivity contribution in [2.75, 3.05) is 34.7 Å². The van der Waals surface area contributed by atoms with Gasteiger partial charge in [0.2, 0.25) is 10.0 Å². The summed E-state index contributed by atoms with van der Waals surface area (Å²) in [5, 5.41) is 3.60. The van der Waals surface area contributed by atoms with E-state index >= 15 is 0 Å². The Labute approximate surface area is 176 Å². The van der Waals surface area contributed by atoms with Gasteiger partial charge in [-0.15, -0.1) is 0 Å². The van der Waals surface area contributed by atoms with E-state index in [1.165, 1.54) is 32.3 Å². The third-order valence-corrected chi connectivity index (χ3v) is 6.79. The van der Waals surface area contributed by atoms with Crippen molar-refractivity contribution in [1.82, 2.24) is 14.5 Å². The predicted octanol–water partition coefficient (Wildman–Crippen LogP) is 3.28. The summed E-state index contributed by atoms with van der Waals surface area (Å²) in [7, 11) is 2.95. The van der Waals surface area contributed by atoms with Crippen LogP contribution in [0.15, 0.2) is 47.4 Å². The number of nitrogens with one attached hydrogen (secondary N) is 1. The van der Waals surface area contributed by atoms with Crippen molar-refractivity contribution in [3.05, 3.63) is 63.6 Å². The SMILES string of the molecule is CN(C)[C@H](CNC(=O)c1cc(S(=O)(=O)N(C)C)ccc1Cl)c1ccccc1Cl. The minimum atomic E-state index is -3.67. The van der Waals surface area contributed by atoms with Gasteiger partial charge in [0, 0.05) is 25.7 Å². The van der Waals surface area contributed by atoms with E-state index in [-0.39, 0.29) is 28.1 Å². The molecule has 1 amide bonds. The summed E-state index contributed by atoms with van der Waals surface area (Å²) in [6.07, 6.45) is 0. The minimum Gasteiger partial charge on any atom is -0.350 e. The molecule has 9 heteroatoms. The van der Waals surface area contributed by atoms with E-state index in [0.717, 1.165) is 9.87 Å². The number of carbonyl (C=O) groups excluding carboxylic acids is 1. The molecular weight excluding hydrogens is 421 g/mol. The standard InChI is InChI=1S/C19H23Cl2N3O3S/c1-23(2)18(14-7-5-6-8-16(14)20)12-22-19(25)15-11-13(9-10-17(15)21)28(26,27)24(3)4/h5-11,18H,12H2,1-4H3,(H,22,25)/t18-/m1/s1. The molecule has 0 fully saturated rings. The van der Waals surface area contributed by atoms with Crippen LogP contribution in [0.2, 0.25) is 10.0 Å². The molecule has 0 spiro atoms. The van der Waals surface area contributed by atoms with Crippen LogP contribution in [0.25, 0.3) is 0 Å². The Hall–Kier alpha value is -1.64. The molecule has 2 rings (SSSR count). The summed E-state index contributed by atoms with van der Waals surface area (Å²) >= 11 is 12.4. The highest BCUT2D eigenvalue weighted by molar-refractivity contribution is 7.89. The van der Waals surface area contributed by atoms with E-state index in [1.54, 1.807) is 6.07 Å². The molecular formula is C19H23Cl2N3O3S. The second kappa shape index (κ2) is 9.24. The highest BCUT2D eigenvalue weighted by atomic mass is 35.5. The number of sulfonamides is 1. The van der Waals surface area contributed by atoms with Gasteiger partial charge in [-0.05, 0) is 43.9 Å². The van der Waals surface area contributed by atoms with Crippen LogP contribution >= 0.6 is 23.2 Å². The molecule has 0 aliphatic carbocycles. The fraction of sp³-hybridized carbons (Fsp3) is 0.316. The maximum Gasteiger partial charge on any atom is 0.252 e. The van der Waals surface area contributed by atoms with Gasteiger partial charge in [0.15, 0.2) is 0 Å². The van der Waals surface area contributed by atoms with Crippen molar-refractivity contribution in [2.45, 2.75) is 10.9 Å². The van der Waals surface area contributed by atoms with Crippen molar-refractivity contribution in [1.29, 1.82) is 0 Å². The number of hydrogen-bond donors (Lipinski definition) is 1. The molecule has 0 unspecified atom stereocenters. The average Bonchev–Trinajstić information content (AvgIpc) is 2.62. The number of likely N-dealkylation sites (N-methyl/N-ethyl adjacent to an activating group) is 1. The lowest BCUT2D eigenvalue weighted by atomic mass is 10.1. The second-order valence-corrected chi connectivity index (χ2v) is 9.61. The van der Waals surface area contributed by atoms with Gasteiger partial charge in [0.25, 0.3) is 5.91 Å². The summed E-state index contributed by atoms with van der Waals surface area (Å²) in [6.45, 7) is 0.274. The van der Waals surface area contributed by atoms with Crippen molar-refractivity contribution in [3.63, 3.8) is 0 Å². The van der Waals surface area contributed by atoms with Gasteiger partial charge in [-0.2, -0.15) is 0 Å². The van der Waals surface area contributed by atoms with Crippen LogP contribution in [-0.4, -0.2) is 58.3 Å². The molecule has 2 aromatic rings. The molecule has 0 aliphatic heterocycles. The Balaban J connectivity index is 2.26. The number of nitrogens with zero attached hydrogens (tertiary/aromatic N) is 2. The van der Waals surface area contributed by atoms with Crippen molar-refractivity contribution in [2.24, 2.45) is 0 Å². The summed E-state index contributed by atoms with van der Waals surface area (Å²) in [5.41, 5.74) is 0.978. The van der Waals surface area contributed by atoms with E-state index < -0.39 is 15.9 Å². The maximum atomic E-state index is 12.7. The van der Waals surface area contributed by atoms with Gasteiger partial charge in [0.1, 0.15) is 0 Å². The van der Waals surface area contributed by atoms with E-state index in [0.29, 0.717) is 5.02 Å². The van der Waals surface area contributed by atoms with Gasteiger partial charge in [0.05, 0.1) is 21.5 Å². The Bertz CT molecular complexity index is 963. The molecule has 152 valence electrons. The predicted molar refractivity (Wildman–Crippen MR) is 113 cm³/mol. The van der Waals surface area contributed by atoms with Crippen LogP contribution in [0, 0.1) is 0 Å². The topological polar surface area (TPSA) is 69.7 Å². The normalized spacial score (nSPS) is 13.0. The molecule has 0 saturated carbocycles. The third-order valence-electron chi connectivity index (χ3n) is 4.30. The first-order valence-corrected chi connectivity index (χ1v) is 10.7. The van der Waals surface area contributed by atoms with Gasteiger partial charge >= 0.3 is 0 Å². The number of rotatable bonds is 7. The fourth-order valence-corrected chi connectivity index (χ4v) is 4.04. The largest absolute Gasteiger partial charge is 0.350 e. The number of benzene rings is 2. The van der Waals surface area contributed by atoms with Crippen LogP contribution in [0.4, 0.5) is 0 Å². The molecule has 1 atom stereocenters. The number of hydrogen-bond acceptors (Lipinski definition) is 4. The fourth-order valence-electron chi connectivity index (χ4n) is 2.65. The molecule has 0 heterocycles. The average molecular weight is 444 g/mol. The van der Waals surface area contributed by atoms with Gasteiger partial charge in [-0.1, -0.05) is 41.4 Å². The quantitative estimate of drug-likeness (QED) is 0.712. The first-order chi connectivity index (χ1) is 13.1. The monoisotopic (exact) mass is 443 g/mol. The van der Waals surface area contributed by atoms with Crippen molar-refractivity contribution < 1.29 is 13.2 Å². The third kappa shape index (κ3) is 5.04. The lowest BCUT2D eigenvalue weighted by Crippen LogP contribution is -2.35. The van der Waals surface area contributed by atoms with Gasteiger partial charge in [-0.3, -0.25) is 4.79 Å². The van der Waals surface area contributed by atoms with Crippen LogP contribution in [-0.2, 0) is 10.0 Å². The lowest BCUT2D eigenvalue weighted by Gasteiger charge is -2.26. The number of carbonyl (C=O) groups is 1.